The molecule has 5 N–H and O–H groups in total. The van der Waals surface area contributed by atoms with Crippen molar-refractivity contribution in [1.29, 1.82) is 0 Å². The lowest BCUT2D eigenvalue weighted by atomic mass is 9.95. The van der Waals surface area contributed by atoms with Crippen LogP contribution in [0.25, 0.3) is 5.57 Å². The zero-order valence-corrected chi connectivity index (χ0v) is 18.1. The third-order valence-electron chi connectivity index (χ3n) is 5.52. The summed E-state index contributed by atoms with van der Waals surface area (Å²) >= 11 is 0. The SMILES string of the molecule is COc1c(OCCCCC(=O)O)cc2c(c1OC)C1=C(CCC1)/C(=N/N=C(N)N)CC2. The number of fused-ring (bicyclic) bond motifs is 2. The number of carboxylic acids is 1. The van der Waals surface area contributed by atoms with Gasteiger partial charge < -0.3 is 30.8 Å². The van der Waals surface area contributed by atoms with Gasteiger partial charge in [-0.1, -0.05) is 0 Å². The molecule has 0 atom stereocenters. The molecule has 2 aliphatic rings. The molecule has 31 heavy (non-hydrogen) atoms. The second kappa shape index (κ2) is 10.2. The second-order valence-corrected chi connectivity index (χ2v) is 7.56. The topological polar surface area (TPSA) is 142 Å². The Morgan fingerprint density at radius 3 is 2.48 bits per heavy atom. The number of aliphatic carboxylic acids is 1. The number of methoxy groups -OCH3 is 2. The summed E-state index contributed by atoms with van der Waals surface area (Å²) in [6, 6.07) is 2.00. The fraction of sp³-hybridized carbons (Fsp3) is 0.500. The number of hydrogen-bond acceptors (Lipinski definition) is 6. The molecule has 168 valence electrons. The van der Waals surface area contributed by atoms with E-state index in [0.29, 0.717) is 43.1 Å². The molecule has 0 saturated carbocycles. The maximum Gasteiger partial charge on any atom is 0.303 e. The molecule has 0 bridgehead atoms. The Bertz CT molecular complexity index is 932. The third kappa shape index (κ3) is 5.10. The van der Waals surface area contributed by atoms with Gasteiger partial charge in [-0.05, 0) is 67.7 Å². The Morgan fingerprint density at radius 1 is 1.06 bits per heavy atom. The van der Waals surface area contributed by atoms with E-state index in [2.05, 4.69) is 10.2 Å². The molecule has 0 radical (unpaired) electrons. The fourth-order valence-electron chi connectivity index (χ4n) is 4.22. The highest BCUT2D eigenvalue weighted by Crippen LogP contribution is 2.50. The molecule has 0 aliphatic heterocycles. The van der Waals surface area contributed by atoms with E-state index < -0.39 is 5.97 Å². The summed E-state index contributed by atoms with van der Waals surface area (Å²) in [6.07, 6.45) is 5.62. The lowest BCUT2D eigenvalue weighted by molar-refractivity contribution is -0.137. The van der Waals surface area contributed by atoms with E-state index in [-0.39, 0.29) is 12.4 Å². The van der Waals surface area contributed by atoms with Gasteiger partial charge in [0.15, 0.2) is 11.5 Å². The Kier molecular flexibility index (Phi) is 7.38. The lowest BCUT2D eigenvalue weighted by Crippen LogP contribution is -2.22. The van der Waals surface area contributed by atoms with E-state index in [1.54, 1.807) is 14.2 Å². The smallest absolute Gasteiger partial charge is 0.303 e. The minimum Gasteiger partial charge on any atom is -0.492 e. The number of allylic oxidation sites excluding steroid dienone is 2. The number of rotatable bonds is 9. The first-order valence-electron chi connectivity index (χ1n) is 10.5. The summed E-state index contributed by atoms with van der Waals surface area (Å²) in [7, 11) is 3.22. The van der Waals surface area contributed by atoms with Crippen LogP contribution in [0.5, 0.6) is 17.2 Å². The van der Waals surface area contributed by atoms with Crippen LogP contribution in [0.3, 0.4) is 0 Å². The molecular formula is C22H30N4O5. The highest BCUT2D eigenvalue weighted by molar-refractivity contribution is 6.09. The Balaban J connectivity index is 1.97. The van der Waals surface area contributed by atoms with Gasteiger partial charge in [-0.15, -0.1) is 5.10 Å². The molecule has 0 unspecified atom stereocenters. The minimum atomic E-state index is -0.803. The van der Waals surface area contributed by atoms with Crippen molar-refractivity contribution in [2.45, 2.75) is 51.4 Å². The van der Waals surface area contributed by atoms with Crippen LogP contribution in [0.15, 0.2) is 21.8 Å². The van der Waals surface area contributed by atoms with Crippen LogP contribution in [0, 0.1) is 0 Å². The number of unbranched alkanes of at least 4 members (excludes halogenated alkanes) is 1. The van der Waals surface area contributed by atoms with Gasteiger partial charge in [0.2, 0.25) is 11.7 Å². The summed E-state index contributed by atoms with van der Waals surface area (Å²) < 4.78 is 17.5. The largest absolute Gasteiger partial charge is 0.492 e. The number of nitrogens with zero attached hydrogens (tertiary/aromatic N) is 2. The quantitative estimate of drug-likeness (QED) is 0.237. The number of aryl methyl sites for hydroxylation is 1. The van der Waals surface area contributed by atoms with Crippen molar-refractivity contribution in [1.82, 2.24) is 0 Å². The normalized spacial score (nSPS) is 16.4. The van der Waals surface area contributed by atoms with Crippen molar-refractivity contribution in [3.63, 3.8) is 0 Å². The van der Waals surface area contributed by atoms with Crippen molar-refractivity contribution in [2.24, 2.45) is 21.7 Å². The number of carboxylic acid groups (broad SMARTS) is 1. The predicted octanol–water partition coefficient (Wildman–Crippen LogP) is 2.85. The van der Waals surface area contributed by atoms with Crippen molar-refractivity contribution < 1.29 is 24.1 Å². The van der Waals surface area contributed by atoms with E-state index in [1.165, 1.54) is 11.1 Å². The highest BCUT2D eigenvalue weighted by Gasteiger charge is 2.31. The van der Waals surface area contributed by atoms with E-state index in [0.717, 1.165) is 42.5 Å². The van der Waals surface area contributed by atoms with Gasteiger partial charge in [0, 0.05) is 12.0 Å². The molecule has 0 spiro atoms. The number of benzene rings is 1. The van der Waals surface area contributed by atoms with E-state index in [9.17, 15) is 4.79 Å². The number of guanidine groups is 1. The first kappa shape index (κ1) is 22.5. The molecule has 0 heterocycles. The highest BCUT2D eigenvalue weighted by atomic mass is 16.5. The zero-order valence-electron chi connectivity index (χ0n) is 18.1. The van der Waals surface area contributed by atoms with E-state index >= 15 is 0 Å². The molecule has 0 saturated heterocycles. The molecular weight excluding hydrogens is 400 g/mol. The summed E-state index contributed by atoms with van der Waals surface area (Å²) in [5.41, 5.74) is 16.4. The Labute approximate surface area is 181 Å². The maximum absolute atomic E-state index is 10.7. The summed E-state index contributed by atoms with van der Waals surface area (Å²) in [5.74, 6) is 0.925. The van der Waals surface area contributed by atoms with Crippen molar-refractivity contribution in [3.8, 4) is 17.2 Å². The third-order valence-corrected chi connectivity index (χ3v) is 5.52. The van der Waals surface area contributed by atoms with E-state index in [4.69, 9.17) is 30.8 Å². The van der Waals surface area contributed by atoms with Crippen LogP contribution < -0.4 is 25.7 Å². The standard InChI is InChI=1S/C22H30N4O5/c1-29-20-17(31-11-4-3-8-18(27)28)12-13-9-10-16(25-26-22(23)24)14-6-5-7-15(14)19(13)21(20)30-2/h12H,3-11H2,1-2H3,(H,27,28)(H4,23,24,26)/b25-16+. The van der Waals surface area contributed by atoms with Crippen LogP contribution in [0.4, 0.5) is 0 Å². The lowest BCUT2D eigenvalue weighted by Gasteiger charge is -2.20. The summed E-state index contributed by atoms with van der Waals surface area (Å²) in [5, 5.41) is 17.0. The maximum atomic E-state index is 10.7. The fourth-order valence-corrected chi connectivity index (χ4v) is 4.22. The van der Waals surface area contributed by atoms with Crippen molar-refractivity contribution in [2.75, 3.05) is 20.8 Å². The van der Waals surface area contributed by atoms with Crippen molar-refractivity contribution >= 4 is 23.2 Å². The van der Waals surface area contributed by atoms with Gasteiger partial charge in [0.25, 0.3) is 0 Å². The molecule has 0 amide bonds. The minimum absolute atomic E-state index is 0.0627. The summed E-state index contributed by atoms with van der Waals surface area (Å²) in [6.45, 7) is 0.400. The van der Waals surface area contributed by atoms with E-state index in [1.807, 2.05) is 6.07 Å². The number of hydrogen-bond donors (Lipinski definition) is 3. The Hall–Kier alpha value is -3.23. The van der Waals surface area contributed by atoms with Crippen LogP contribution >= 0.6 is 0 Å². The number of nitrogens with two attached hydrogens (primary N) is 2. The average Bonchev–Trinajstić information content (AvgIpc) is 3.16. The number of ether oxygens (including phenoxy) is 3. The van der Waals surface area contributed by atoms with Crippen LogP contribution in [0.1, 0.15) is 56.1 Å². The van der Waals surface area contributed by atoms with Crippen molar-refractivity contribution in [3.05, 3.63) is 22.8 Å². The molecule has 2 aliphatic carbocycles. The monoisotopic (exact) mass is 430 g/mol. The van der Waals surface area contributed by atoms with Crippen LogP contribution in [0.2, 0.25) is 0 Å². The molecule has 1 aromatic carbocycles. The first-order chi connectivity index (χ1) is 15.0. The van der Waals surface area contributed by atoms with Crippen LogP contribution in [-0.4, -0.2) is 43.6 Å². The molecule has 3 rings (SSSR count). The molecule has 1 aromatic rings. The predicted molar refractivity (Wildman–Crippen MR) is 119 cm³/mol. The van der Waals surface area contributed by atoms with Gasteiger partial charge in [-0.25, -0.2) is 0 Å². The second-order valence-electron chi connectivity index (χ2n) is 7.56. The van der Waals surface area contributed by atoms with Gasteiger partial charge in [0.1, 0.15) is 0 Å². The Morgan fingerprint density at radius 2 is 1.81 bits per heavy atom. The van der Waals surface area contributed by atoms with Gasteiger partial charge in [0.05, 0.1) is 26.5 Å². The van der Waals surface area contributed by atoms with Gasteiger partial charge >= 0.3 is 5.97 Å². The number of carbonyl (C=O) groups is 1. The first-order valence-corrected chi connectivity index (χ1v) is 10.5. The van der Waals surface area contributed by atoms with Gasteiger partial charge in [-0.2, -0.15) is 5.10 Å². The average molecular weight is 431 g/mol. The van der Waals surface area contributed by atoms with Gasteiger partial charge in [-0.3, -0.25) is 4.79 Å². The zero-order chi connectivity index (χ0) is 22.4. The molecule has 0 fully saturated rings. The molecule has 0 aromatic heterocycles. The molecule has 9 nitrogen and oxygen atoms in total. The van der Waals surface area contributed by atoms with Crippen LogP contribution in [-0.2, 0) is 11.2 Å². The molecule has 9 heteroatoms. The summed E-state index contributed by atoms with van der Waals surface area (Å²) in [4.78, 5) is 10.7.